The van der Waals surface area contributed by atoms with Gasteiger partial charge in [-0.3, -0.25) is 10.1 Å². The predicted octanol–water partition coefficient (Wildman–Crippen LogP) is 2.30. The first kappa shape index (κ1) is 15.2. The molecule has 1 aliphatic heterocycles. The molecule has 0 aliphatic carbocycles. The summed E-state index contributed by atoms with van der Waals surface area (Å²) < 4.78 is 5.59. The van der Waals surface area contributed by atoms with Gasteiger partial charge in [-0.25, -0.2) is 4.79 Å². The molecular formula is C14H18N2O5. The minimum absolute atomic E-state index is 0.0217. The van der Waals surface area contributed by atoms with Crippen molar-refractivity contribution in [3.63, 3.8) is 0 Å². The van der Waals surface area contributed by atoms with Gasteiger partial charge < -0.3 is 14.7 Å². The normalized spacial score (nSPS) is 22.1. The van der Waals surface area contributed by atoms with Crippen molar-refractivity contribution in [1.29, 1.82) is 0 Å². The Morgan fingerprint density at radius 3 is 2.86 bits per heavy atom. The molecule has 0 radical (unpaired) electrons. The van der Waals surface area contributed by atoms with E-state index in [1.165, 1.54) is 12.1 Å². The quantitative estimate of drug-likeness (QED) is 0.676. The monoisotopic (exact) mass is 294 g/mol. The number of nitro groups is 1. The Kier molecular flexibility index (Phi) is 4.42. The van der Waals surface area contributed by atoms with Gasteiger partial charge in [0.1, 0.15) is 5.69 Å². The van der Waals surface area contributed by atoms with E-state index < -0.39 is 10.9 Å². The van der Waals surface area contributed by atoms with Gasteiger partial charge in [-0.05, 0) is 25.5 Å². The van der Waals surface area contributed by atoms with Gasteiger partial charge in [0.05, 0.1) is 29.2 Å². The number of benzene rings is 1. The van der Waals surface area contributed by atoms with Crippen LogP contribution in [0.1, 0.15) is 30.6 Å². The van der Waals surface area contributed by atoms with Gasteiger partial charge in [0.25, 0.3) is 5.69 Å². The lowest BCUT2D eigenvalue weighted by molar-refractivity contribution is -0.384. The average molecular weight is 294 g/mol. The summed E-state index contributed by atoms with van der Waals surface area (Å²) >= 11 is 0. The lowest BCUT2D eigenvalue weighted by atomic mass is 10.1. The molecule has 7 nitrogen and oxygen atoms in total. The second kappa shape index (κ2) is 6.09. The Bertz CT molecular complexity index is 560. The van der Waals surface area contributed by atoms with Crippen molar-refractivity contribution < 1.29 is 19.6 Å². The second-order valence-electron chi connectivity index (χ2n) is 5.12. The third-order valence-electron chi connectivity index (χ3n) is 3.67. The molecule has 114 valence electrons. The topological polar surface area (TPSA) is 92.9 Å². The van der Waals surface area contributed by atoms with Crippen LogP contribution in [0.25, 0.3) is 0 Å². The molecule has 1 aromatic carbocycles. The second-order valence-corrected chi connectivity index (χ2v) is 5.12. The molecule has 0 spiro atoms. The van der Waals surface area contributed by atoms with Crippen LogP contribution in [0.2, 0.25) is 0 Å². The number of morpholine rings is 1. The number of nitrogens with zero attached hydrogens (tertiary/aromatic N) is 2. The third-order valence-corrected chi connectivity index (χ3v) is 3.67. The maximum Gasteiger partial charge on any atom is 0.335 e. The van der Waals surface area contributed by atoms with E-state index in [2.05, 4.69) is 0 Å². The number of carbonyl (C=O) groups is 1. The molecule has 1 aromatic rings. The number of carboxylic acid groups (broad SMARTS) is 1. The summed E-state index contributed by atoms with van der Waals surface area (Å²) in [5, 5.41) is 20.2. The highest BCUT2D eigenvalue weighted by atomic mass is 16.6. The molecule has 0 amide bonds. The molecule has 2 rings (SSSR count). The number of aromatic carboxylic acids is 1. The fourth-order valence-electron chi connectivity index (χ4n) is 2.52. The Hall–Kier alpha value is -2.15. The Morgan fingerprint density at radius 1 is 1.57 bits per heavy atom. The van der Waals surface area contributed by atoms with Gasteiger partial charge in [0.15, 0.2) is 0 Å². The largest absolute Gasteiger partial charge is 0.478 e. The zero-order chi connectivity index (χ0) is 15.6. The zero-order valence-electron chi connectivity index (χ0n) is 12.0. The van der Waals surface area contributed by atoms with E-state index in [9.17, 15) is 14.9 Å². The van der Waals surface area contributed by atoms with E-state index >= 15 is 0 Å². The van der Waals surface area contributed by atoms with Crippen LogP contribution < -0.4 is 4.90 Å². The number of ether oxygens (including phenoxy) is 1. The number of carboxylic acids is 1. The fourth-order valence-corrected chi connectivity index (χ4v) is 2.52. The highest BCUT2D eigenvalue weighted by molar-refractivity contribution is 5.89. The van der Waals surface area contributed by atoms with Crippen LogP contribution in [-0.2, 0) is 4.74 Å². The SMILES string of the molecule is CCC1COC(C)CN1c1ccc(C(=O)O)cc1[N+](=O)[O-]. The minimum atomic E-state index is -1.17. The van der Waals surface area contributed by atoms with E-state index in [-0.39, 0.29) is 23.4 Å². The summed E-state index contributed by atoms with van der Waals surface area (Å²) in [5.74, 6) is -1.17. The summed E-state index contributed by atoms with van der Waals surface area (Å²) in [6, 6.07) is 4.08. The first-order valence-electron chi connectivity index (χ1n) is 6.84. The first-order chi connectivity index (χ1) is 9.93. The van der Waals surface area contributed by atoms with Crippen LogP contribution in [-0.4, -0.2) is 41.3 Å². The van der Waals surface area contributed by atoms with E-state index in [0.717, 1.165) is 12.5 Å². The summed E-state index contributed by atoms with van der Waals surface area (Å²) in [4.78, 5) is 23.7. The standard InChI is InChI=1S/C14H18N2O5/c1-3-11-8-21-9(2)7-15(11)12-5-4-10(14(17)18)6-13(12)16(19)20/h4-6,9,11H,3,7-8H2,1-2H3,(H,17,18). The smallest absolute Gasteiger partial charge is 0.335 e. The molecule has 0 bridgehead atoms. The molecular weight excluding hydrogens is 276 g/mol. The van der Waals surface area contributed by atoms with Gasteiger partial charge in [0, 0.05) is 12.6 Å². The molecule has 1 N–H and O–H groups in total. The third kappa shape index (κ3) is 3.13. The van der Waals surface area contributed by atoms with Crippen LogP contribution >= 0.6 is 0 Å². The fraction of sp³-hybridized carbons (Fsp3) is 0.500. The van der Waals surface area contributed by atoms with Crippen molar-refractivity contribution in [2.75, 3.05) is 18.1 Å². The lowest BCUT2D eigenvalue weighted by Crippen LogP contribution is -2.48. The number of hydrogen-bond acceptors (Lipinski definition) is 5. The van der Waals surface area contributed by atoms with Crippen molar-refractivity contribution in [3.05, 3.63) is 33.9 Å². The zero-order valence-corrected chi connectivity index (χ0v) is 12.0. The molecule has 0 saturated carbocycles. The molecule has 21 heavy (non-hydrogen) atoms. The van der Waals surface area contributed by atoms with Crippen LogP contribution in [0.15, 0.2) is 18.2 Å². The molecule has 1 aliphatic rings. The molecule has 7 heteroatoms. The molecule has 1 heterocycles. The molecule has 2 atom stereocenters. The number of nitro benzene ring substituents is 1. The van der Waals surface area contributed by atoms with Crippen molar-refractivity contribution >= 4 is 17.3 Å². The van der Waals surface area contributed by atoms with Gasteiger partial charge in [-0.2, -0.15) is 0 Å². The molecule has 2 unspecified atom stereocenters. The summed E-state index contributed by atoms with van der Waals surface area (Å²) in [7, 11) is 0. The van der Waals surface area contributed by atoms with Crippen molar-refractivity contribution in [2.24, 2.45) is 0 Å². The highest BCUT2D eigenvalue weighted by Crippen LogP contribution is 2.33. The Balaban J connectivity index is 2.45. The Labute approximate surface area is 122 Å². The van der Waals surface area contributed by atoms with Crippen molar-refractivity contribution in [1.82, 2.24) is 0 Å². The van der Waals surface area contributed by atoms with Crippen molar-refractivity contribution in [2.45, 2.75) is 32.4 Å². The van der Waals surface area contributed by atoms with E-state index in [4.69, 9.17) is 9.84 Å². The number of rotatable bonds is 4. The van der Waals surface area contributed by atoms with Crippen LogP contribution in [0.3, 0.4) is 0 Å². The maximum absolute atomic E-state index is 11.3. The van der Waals surface area contributed by atoms with E-state index in [1.807, 2.05) is 18.7 Å². The van der Waals surface area contributed by atoms with Crippen LogP contribution in [0.4, 0.5) is 11.4 Å². The first-order valence-corrected chi connectivity index (χ1v) is 6.84. The van der Waals surface area contributed by atoms with Crippen LogP contribution in [0, 0.1) is 10.1 Å². The van der Waals surface area contributed by atoms with E-state index in [1.54, 1.807) is 0 Å². The molecule has 0 aromatic heterocycles. The molecule has 1 saturated heterocycles. The number of anilines is 1. The predicted molar refractivity (Wildman–Crippen MR) is 76.9 cm³/mol. The van der Waals surface area contributed by atoms with Crippen LogP contribution in [0.5, 0.6) is 0 Å². The number of hydrogen-bond donors (Lipinski definition) is 1. The van der Waals surface area contributed by atoms with Crippen molar-refractivity contribution in [3.8, 4) is 0 Å². The van der Waals surface area contributed by atoms with Gasteiger partial charge in [-0.15, -0.1) is 0 Å². The lowest BCUT2D eigenvalue weighted by Gasteiger charge is -2.39. The molecule has 1 fully saturated rings. The summed E-state index contributed by atoms with van der Waals surface area (Å²) in [6.07, 6.45) is 0.774. The summed E-state index contributed by atoms with van der Waals surface area (Å²) in [6.45, 7) is 4.96. The van der Waals surface area contributed by atoms with Gasteiger partial charge >= 0.3 is 5.97 Å². The summed E-state index contributed by atoms with van der Waals surface area (Å²) in [5.41, 5.74) is 0.189. The van der Waals surface area contributed by atoms with Gasteiger partial charge in [-0.1, -0.05) is 6.92 Å². The van der Waals surface area contributed by atoms with E-state index in [0.29, 0.717) is 18.8 Å². The minimum Gasteiger partial charge on any atom is -0.478 e. The van der Waals surface area contributed by atoms with Gasteiger partial charge in [0.2, 0.25) is 0 Å². The average Bonchev–Trinajstić information content (AvgIpc) is 2.46. The highest BCUT2D eigenvalue weighted by Gasteiger charge is 2.30. The maximum atomic E-state index is 11.3. The Morgan fingerprint density at radius 2 is 2.29 bits per heavy atom.